The summed E-state index contributed by atoms with van der Waals surface area (Å²) >= 11 is 15.5. The molecular weight excluding hydrogens is 1100 g/mol. The third-order valence-electron chi connectivity index (χ3n) is 14.1. The molecule has 8 heterocycles. The van der Waals surface area contributed by atoms with Gasteiger partial charge in [0.1, 0.15) is 45.5 Å². The van der Waals surface area contributed by atoms with Crippen LogP contribution in [0.2, 0.25) is 10.0 Å². The van der Waals surface area contributed by atoms with Gasteiger partial charge in [0.15, 0.2) is 0 Å². The zero-order valence-electron chi connectivity index (χ0n) is 43.4. The Morgan fingerprint density at radius 3 is 1.32 bits per heavy atom. The van der Waals surface area contributed by atoms with Crippen LogP contribution in [0.25, 0.3) is 42.0 Å². The lowest BCUT2D eigenvalue weighted by atomic mass is 10.1. The van der Waals surface area contributed by atoms with E-state index in [0.29, 0.717) is 116 Å². The Labute approximate surface area is 470 Å². The van der Waals surface area contributed by atoms with Crippen molar-refractivity contribution in [3.05, 3.63) is 147 Å². The molecule has 0 radical (unpaired) electrons. The van der Waals surface area contributed by atoms with Gasteiger partial charge in [-0.15, -0.1) is 22.7 Å². The van der Waals surface area contributed by atoms with Gasteiger partial charge >= 0.3 is 23.3 Å². The van der Waals surface area contributed by atoms with E-state index in [9.17, 15) is 39.0 Å². The average molecular weight is 1160 g/mol. The molecule has 6 aromatic heterocycles. The van der Waals surface area contributed by atoms with Crippen molar-refractivity contribution < 1.29 is 47.6 Å². The fourth-order valence-corrected chi connectivity index (χ4v) is 12.6. The molecule has 0 aliphatic carbocycles. The first-order valence-electron chi connectivity index (χ1n) is 25.0. The van der Waals surface area contributed by atoms with Gasteiger partial charge in [-0.1, -0.05) is 67.0 Å². The number of hydrogen-bond acceptors (Lipinski definition) is 16. The number of thiophene rings is 2. The molecule has 2 saturated heterocycles. The van der Waals surface area contributed by atoms with E-state index in [4.69, 9.17) is 51.0 Å². The molecule has 0 unspecified atom stereocenters. The molecule has 420 valence electrons. The number of oxazole rings is 2. The lowest BCUT2D eigenvalue weighted by Crippen LogP contribution is -2.52. The first kappa shape index (κ1) is 58.6. The van der Waals surface area contributed by atoms with Crippen molar-refractivity contribution in [2.45, 2.75) is 123 Å². The normalized spacial score (nSPS) is 15.4. The Balaban J connectivity index is 0.000000205. The van der Waals surface area contributed by atoms with E-state index < -0.39 is 57.7 Å². The van der Waals surface area contributed by atoms with E-state index in [1.165, 1.54) is 84.4 Å². The van der Waals surface area contributed by atoms with Gasteiger partial charge in [-0.2, -0.15) is 0 Å². The number of aryl methyl sites for hydroxylation is 2. The fraction of sp³-hybridized carbons (Fsp3) is 0.418. The molecule has 2 aromatic carbocycles. The molecule has 20 nitrogen and oxygen atoms in total. The predicted molar refractivity (Wildman–Crippen MR) is 300 cm³/mol. The Morgan fingerprint density at radius 1 is 0.646 bits per heavy atom. The van der Waals surface area contributed by atoms with Crippen molar-refractivity contribution in [2.75, 3.05) is 26.4 Å². The second kappa shape index (κ2) is 24.1. The number of carbonyl (C=O) groups is 2. The third-order valence-corrected chi connectivity index (χ3v) is 17.4. The first-order valence-corrected chi connectivity index (χ1v) is 27.4. The first-order chi connectivity index (χ1) is 37.2. The van der Waals surface area contributed by atoms with Gasteiger partial charge in [0.25, 0.3) is 11.1 Å². The number of carboxylic acid groups (broad SMARTS) is 2. The number of fused-ring (bicyclic) bond motifs is 2. The number of ether oxygens (including phenoxy) is 4. The Hall–Kier alpha value is -6.50. The summed E-state index contributed by atoms with van der Waals surface area (Å²) in [5.74, 6) is -2.02. The minimum absolute atomic E-state index is 0. The summed E-state index contributed by atoms with van der Waals surface area (Å²) in [4.78, 5) is 90.3. The predicted octanol–water partition coefficient (Wildman–Crippen LogP) is 9.83. The average Bonchev–Trinajstić information content (AvgIpc) is 4.45. The van der Waals surface area contributed by atoms with Gasteiger partial charge in [-0.3, -0.25) is 18.7 Å². The smallest absolute Gasteiger partial charge is 0.333 e. The standard InChI is InChI=1S/2C27H28ClN3O7S.CH4/c2*1-15-20-23(32)31(27(2,3)25(33)34)26(35)30(24(20)39-21(15)22-29-10-13-37-22)14-19(17-6-4-5-7-18(17)28)38-16-8-11-36-12-9-16;/h2*4-7,10,13,16,19H,8-9,11-12,14H2,1-3H3,(H,33,34);1H4/t2*19-;/m10./s1. The Kier molecular flexibility index (Phi) is 17.9. The van der Waals surface area contributed by atoms with Crippen molar-refractivity contribution in [3.8, 4) is 21.5 Å². The molecule has 10 rings (SSSR count). The maximum Gasteiger partial charge on any atom is 0.333 e. The summed E-state index contributed by atoms with van der Waals surface area (Å²) in [6.07, 6.45) is 7.00. The van der Waals surface area contributed by atoms with Crippen LogP contribution in [-0.2, 0) is 52.7 Å². The molecule has 79 heavy (non-hydrogen) atoms. The highest BCUT2D eigenvalue weighted by Crippen LogP contribution is 2.40. The zero-order chi connectivity index (χ0) is 55.8. The number of rotatable bonds is 16. The second-order valence-corrected chi connectivity index (χ2v) is 22.7. The van der Waals surface area contributed by atoms with E-state index in [-0.39, 0.29) is 43.5 Å². The van der Waals surface area contributed by atoms with Crippen molar-refractivity contribution in [2.24, 2.45) is 0 Å². The molecular formula is C55H60Cl2N6O14S2. The van der Waals surface area contributed by atoms with Gasteiger partial charge in [0.2, 0.25) is 11.8 Å². The number of halogens is 2. The molecule has 8 aromatic rings. The molecule has 24 heteroatoms. The molecule has 0 bridgehead atoms. The van der Waals surface area contributed by atoms with E-state index in [1.54, 1.807) is 26.0 Å². The number of nitrogens with zero attached hydrogens (tertiary/aromatic N) is 6. The Bertz CT molecular complexity index is 3510. The molecule has 2 aliphatic heterocycles. The minimum atomic E-state index is -1.82. The van der Waals surface area contributed by atoms with Crippen molar-refractivity contribution in [1.82, 2.24) is 28.2 Å². The minimum Gasteiger partial charge on any atom is -0.480 e. The van der Waals surface area contributed by atoms with Gasteiger partial charge in [-0.25, -0.2) is 38.3 Å². The monoisotopic (exact) mass is 1160 g/mol. The van der Waals surface area contributed by atoms with E-state index >= 15 is 0 Å². The molecule has 2 aliphatic rings. The highest BCUT2D eigenvalue weighted by molar-refractivity contribution is 7.22. The zero-order valence-corrected chi connectivity index (χ0v) is 46.5. The van der Waals surface area contributed by atoms with Crippen molar-refractivity contribution >= 4 is 78.2 Å². The van der Waals surface area contributed by atoms with Crippen LogP contribution in [0.5, 0.6) is 0 Å². The summed E-state index contributed by atoms with van der Waals surface area (Å²) in [6.45, 7) is 11.0. The van der Waals surface area contributed by atoms with Crippen LogP contribution in [0.4, 0.5) is 0 Å². The lowest BCUT2D eigenvalue weighted by Gasteiger charge is -2.30. The van der Waals surface area contributed by atoms with Gasteiger partial charge in [-0.05, 0) is 90.5 Å². The van der Waals surface area contributed by atoms with E-state index in [2.05, 4.69) is 9.97 Å². The van der Waals surface area contributed by atoms with Crippen molar-refractivity contribution in [3.63, 3.8) is 0 Å². The van der Waals surface area contributed by atoms with Crippen LogP contribution in [-0.4, -0.2) is 89.0 Å². The number of carboxylic acids is 2. The maximum atomic E-state index is 14.0. The van der Waals surface area contributed by atoms with Gasteiger partial charge in [0, 0.05) is 47.6 Å². The molecule has 0 amide bonds. The van der Waals surface area contributed by atoms with Gasteiger partial charge < -0.3 is 38.0 Å². The molecule has 2 fully saturated rings. The molecule has 2 N–H and O–H groups in total. The number of aromatic nitrogens is 6. The van der Waals surface area contributed by atoms with Crippen LogP contribution >= 0.6 is 45.9 Å². The maximum absolute atomic E-state index is 14.0. The van der Waals surface area contributed by atoms with Gasteiger partial charge in [0.05, 0.1) is 58.2 Å². The third kappa shape index (κ3) is 11.5. The number of hydrogen-bond donors (Lipinski definition) is 2. The van der Waals surface area contributed by atoms with Crippen molar-refractivity contribution in [1.29, 1.82) is 0 Å². The highest BCUT2D eigenvalue weighted by atomic mass is 35.5. The van der Waals surface area contributed by atoms with Crippen LogP contribution in [0.3, 0.4) is 0 Å². The highest BCUT2D eigenvalue weighted by Gasteiger charge is 2.38. The van der Waals surface area contributed by atoms with Crippen LogP contribution in [0.1, 0.15) is 95.3 Å². The largest absolute Gasteiger partial charge is 0.480 e. The van der Waals surface area contributed by atoms with E-state index in [0.717, 1.165) is 9.13 Å². The van der Waals surface area contributed by atoms with E-state index in [1.807, 2.05) is 36.4 Å². The number of benzene rings is 2. The van der Waals surface area contributed by atoms with Crippen LogP contribution in [0.15, 0.2) is 101 Å². The van der Waals surface area contributed by atoms with Crippen LogP contribution < -0.4 is 22.5 Å². The Morgan fingerprint density at radius 2 is 1.00 bits per heavy atom. The fourth-order valence-electron chi connectivity index (χ4n) is 9.59. The van der Waals surface area contributed by atoms with Crippen LogP contribution in [0, 0.1) is 13.8 Å². The number of aliphatic carboxylic acids is 2. The SMILES string of the molecule is C.Cc1c(-c2ncco2)sc2c1c(=O)n(C(C)(C)C(=O)O)c(=O)n2C[C@@H](OC1CCOCC1)c1ccccc1Cl.Cc1c(-c2ncco2)sc2c1c(=O)n(C(C)(C)C(=O)O)c(=O)n2C[C@H](OC1CCOCC1)c1ccccc1Cl. The quantitative estimate of drug-likeness (QED) is 0.0913. The molecule has 0 spiro atoms. The summed E-state index contributed by atoms with van der Waals surface area (Å²) in [5, 5.41) is 21.3. The summed E-state index contributed by atoms with van der Waals surface area (Å²) < 4.78 is 39.4. The molecule has 0 saturated carbocycles. The second-order valence-electron chi connectivity index (χ2n) is 19.9. The topological polar surface area (TPSA) is 252 Å². The molecule has 2 atom stereocenters. The summed E-state index contributed by atoms with van der Waals surface area (Å²) in [6, 6.07) is 14.5. The summed E-state index contributed by atoms with van der Waals surface area (Å²) in [7, 11) is 0. The lowest BCUT2D eigenvalue weighted by molar-refractivity contribution is -0.146. The summed E-state index contributed by atoms with van der Waals surface area (Å²) in [5.41, 5.74) is -4.07.